The average Bonchev–Trinajstić information content (AvgIpc) is 2.27. The number of ether oxygens (including phenoxy) is 1. The van der Waals surface area contributed by atoms with Crippen LogP contribution in [0.5, 0.6) is 0 Å². The molecule has 1 aromatic carbocycles. The lowest BCUT2D eigenvalue weighted by atomic mass is 10.2. The summed E-state index contributed by atoms with van der Waals surface area (Å²) in [6.45, 7) is 0.101. The number of benzene rings is 1. The first-order chi connectivity index (χ1) is 7.53. The van der Waals surface area contributed by atoms with Crippen molar-refractivity contribution < 1.29 is 18.9 Å². The predicted octanol–water partition coefficient (Wildman–Crippen LogP) is 2.92. The molecule has 0 aliphatic heterocycles. The highest BCUT2D eigenvalue weighted by Crippen LogP contribution is 2.54. The topological polar surface area (TPSA) is 55.8 Å². The molecule has 0 bridgehead atoms. The highest BCUT2D eigenvalue weighted by molar-refractivity contribution is 8.67. The second-order valence-corrected chi connectivity index (χ2v) is 9.01. The van der Waals surface area contributed by atoms with Gasteiger partial charge in [0.25, 0.3) is 5.69 Å². The number of carbonyl (C=O) groups is 1. The molecule has 1 N–H and O–H groups in total. The van der Waals surface area contributed by atoms with Crippen LogP contribution in [0, 0.1) is 0 Å². The average molecular weight is 278 g/mol. The summed E-state index contributed by atoms with van der Waals surface area (Å²) in [6.07, 6.45) is 0.634. The SMILES string of the molecule is CSP(O)(=S)OC(=O)OCc1ccccc1. The summed E-state index contributed by atoms with van der Waals surface area (Å²) in [7, 11) is 0. The van der Waals surface area contributed by atoms with Gasteiger partial charge in [-0.15, -0.1) is 0 Å². The van der Waals surface area contributed by atoms with Crippen LogP contribution in [-0.2, 0) is 27.7 Å². The third-order valence-corrected chi connectivity index (χ3v) is 5.63. The number of rotatable bonds is 4. The van der Waals surface area contributed by atoms with Gasteiger partial charge in [-0.25, -0.2) is 4.79 Å². The first-order valence-corrected chi connectivity index (χ1v) is 8.82. The van der Waals surface area contributed by atoms with Gasteiger partial charge in [-0.2, -0.15) is 0 Å². The second-order valence-electron chi connectivity index (χ2n) is 2.77. The van der Waals surface area contributed by atoms with Crippen LogP contribution < -0.4 is 0 Å². The van der Waals surface area contributed by atoms with E-state index in [9.17, 15) is 9.69 Å². The molecule has 7 heteroatoms. The van der Waals surface area contributed by atoms with Gasteiger partial charge in [0.15, 0.2) is 0 Å². The molecule has 0 aliphatic rings. The fraction of sp³-hybridized carbons (Fsp3) is 0.222. The van der Waals surface area contributed by atoms with Crippen LogP contribution in [0.2, 0.25) is 0 Å². The summed E-state index contributed by atoms with van der Waals surface area (Å²) in [5.41, 5.74) is -2.23. The van der Waals surface area contributed by atoms with Crippen molar-refractivity contribution in [1.82, 2.24) is 0 Å². The summed E-state index contributed by atoms with van der Waals surface area (Å²) in [5, 5.41) is 0. The predicted molar refractivity (Wildman–Crippen MR) is 67.7 cm³/mol. The first kappa shape index (κ1) is 13.5. The Hall–Kier alpha value is -0.550. The van der Waals surface area contributed by atoms with Crippen molar-refractivity contribution in [2.45, 2.75) is 6.61 Å². The minimum absolute atomic E-state index is 0.101. The molecule has 0 heterocycles. The zero-order chi connectivity index (χ0) is 12.0. The Labute approximate surface area is 103 Å². The highest BCUT2D eigenvalue weighted by atomic mass is 32.9. The molecule has 0 aromatic heterocycles. The van der Waals surface area contributed by atoms with Crippen molar-refractivity contribution in [1.29, 1.82) is 0 Å². The Bertz CT molecular complexity index is 396. The van der Waals surface area contributed by atoms with E-state index >= 15 is 0 Å². The largest absolute Gasteiger partial charge is 0.514 e. The Morgan fingerprint density at radius 1 is 1.50 bits per heavy atom. The van der Waals surface area contributed by atoms with Crippen LogP contribution in [0.3, 0.4) is 0 Å². The normalized spacial score (nSPS) is 13.9. The molecule has 0 amide bonds. The van der Waals surface area contributed by atoms with Gasteiger partial charge in [-0.05, 0) is 23.6 Å². The molecule has 1 aromatic rings. The molecule has 0 fully saturated rings. The van der Waals surface area contributed by atoms with Crippen molar-refractivity contribution in [2.75, 3.05) is 6.26 Å². The van der Waals surface area contributed by atoms with E-state index in [4.69, 9.17) is 4.74 Å². The summed E-state index contributed by atoms with van der Waals surface area (Å²) < 4.78 is 9.38. The lowest BCUT2D eigenvalue weighted by Gasteiger charge is -2.12. The Morgan fingerprint density at radius 3 is 2.69 bits per heavy atom. The molecule has 0 saturated heterocycles. The van der Waals surface area contributed by atoms with E-state index in [-0.39, 0.29) is 6.61 Å². The van der Waals surface area contributed by atoms with Crippen molar-refractivity contribution in [3.63, 3.8) is 0 Å². The fourth-order valence-corrected chi connectivity index (χ4v) is 1.78. The van der Waals surface area contributed by atoms with E-state index in [2.05, 4.69) is 16.3 Å². The van der Waals surface area contributed by atoms with Crippen LogP contribution in [-0.4, -0.2) is 17.3 Å². The van der Waals surface area contributed by atoms with Gasteiger partial charge < -0.3 is 14.2 Å². The van der Waals surface area contributed by atoms with Crippen molar-refractivity contribution >= 4 is 35.0 Å². The molecule has 88 valence electrons. The standard InChI is InChI=1S/C9H11O4PS2/c1-16-14(11,15)13-9(10)12-7-8-5-3-2-4-6-8/h2-6H,7H2,1H3,(H,11,15). The summed E-state index contributed by atoms with van der Waals surface area (Å²) in [6, 6.07) is 9.17. The number of carbonyl (C=O) groups excluding carboxylic acids is 1. The molecular weight excluding hydrogens is 267 g/mol. The third-order valence-electron chi connectivity index (χ3n) is 1.62. The van der Waals surface area contributed by atoms with Crippen LogP contribution in [0.25, 0.3) is 0 Å². The van der Waals surface area contributed by atoms with Crippen LogP contribution in [0.1, 0.15) is 5.56 Å². The number of hydrogen-bond donors (Lipinski definition) is 1. The molecule has 0 radical (unpaired) electrons. The molecule has 0 aliphatic carbocycles. The van der Waals surface area contributed by atoms with Gasteiger partial charge in [0.2, 0.25) is 0 Å². The quantitative estimate of drug-likeness (QED) is 0.675. The smallest absolute Gasteiger partial charge is 0.429 e. The van der Waals surface area contributed by atoms with Gasteiger partial charge in [0.1, 0.15) is 6.61 Å². The monoisotopic (exact) mass is 278 g/mol. The minimum atomic E-state index is -3.08. The van der Waals surface area contributed by atoms with Gasteiger partial charge in [-0.3, -0.25) is 0 Å². The molecule has 4 nitrogen and oxygen atoms in total. The zero-order valence-electron chi connectivity index (χ0n) is 8.53. The van der Waals surface area contributed by atoms with Gasteiger partial charge >= 0.3 is 6.16 Å². The van der Waals surface area contributed by atoms with Crippen molar-refractivity contribution in [3.8, 4) is 0 Å². The van der Waals surface area contributed by atoms with E-state index < -0.39 is 11.8 Å². The molecule has 1 atom stereocenters. The van der Waals surface area contributed by atoms with Gasteiger partial charge in [0.05, 0.1) is 0 Å². The second kappa shape index (κ2) is 6.25. The van der Waals surface area contributed by atoms with E-state index in [0.29, 0.717) is 0 Å². The minimum Gasteiger partial charge on any atom is -0.429 e. The molecule has 1 rings (SSSR count). The van der Waals surface area contributed by atoms with E-state index in [1.165, 1.54) is 0 Å². The lowest BCUT2D eigenvalue weighted by molar-refractivity contribution is 0.0946. The number of hydrogen-bond acceptors (Lipinski definition) is 5. The Kier molecular flexibility index (Phi) is 5.28. The first-order valence-electron chi connectivity index (χ1n) is 4.32. The van der Waals surface area contributed by atoms with Gasteiger partial charge in [0, 0.05) is 0 Å². The third kappa shape index (κ3) is 4.99. The molecule has 16 heavy (non-hydrogen) atoms. The maximum Gasteiger partial charge on any atom is 0.514 e. The Balaban J connectivity index is 2.40. The van der Waals surface area contributed by atoms with Crippen LogP contribution in [0.4, 0.5) is 4.79 Å². The lowest BCUT2D eigenvalue weighted by Crippen LogP contribution is -2.04. The summed E-state index contributed by atoms with van der Waals surface area (Å²) in [5.74, 6) is 0. The van der Waals surface area contributed by atoms with Crippen molar-refractivity contribution in [3.05, 3.63) is 35.9 Å². The molecular formula is C9H11O4PS2. The van der Waals surface area contributed by atoms with Crippen molar-refractivity contribution in [2.24, 2.45) is 0 Å². The maximum atomic E-state index is 11.1. The van der Waals surface area contributed by atoms with E-state index in [1.54, 1.807) is 6.26 Å². The molecule has 1 unspecified atom stereocenters. The molecule has 0 saturated carbocycles. The summed E-state index contributed by atoms with van der Waals surface area (Å²) >= 11 is 5.59. The summed E-state index contributed by atoms with van der Waals surface area (Å²) in [4.78, 5) is 20.5. The highest BCUT2D eigenvalue weighted by Gasteiger charge is 2.18. The van der Waals surface area contributed by atoms with E-state index in [1.807, 2.05) is 30.3 Å². The fourth-order valence-electron chi connectivity index (χ4n) is 0.874. The molecule has 0 spiro atoms. The van der Waals surface area contributed by atoms with Crippen LogP contribution >= 0.6 is 17.1 Å². The maximum absolute atomic E-state index is 11.1. The van der Waals surface area contributed by atoms with Crippen LogP contribution in [0.15, 0.2) is 30.3 Å². The van der Waals surface area contributed by atoms with Gasteiger partial charge in [-0.1, -0.05) is 41.7 Å². The Morgan fingerprint density at radius 2 is 2.12 bits per heavy atom. The van der Waals surface area contributed by atoms with E-state index in [0.717, 1.165) is 16.9 Å². The zero-order valence-corrected chi connectivity index (χ0v) is 11.1.